The van der Waals surface area contributed by atoms with Gasteiger partial charge in [0.1, 0.15) is 5.82 Å². The Labute approximate surface area is 113 Å². The van der Waals surface area contributed by atoms with E-state index in [-0.39, 0.29) is 18.2 Å². The van der Waals surface area contributed by atoms with Crippen LogP contribution in [0.4, 0.5) is 4.39 Å². The molecule has 0 unspecified atom stereocenters. The molecule has 1 aliphatic heterocycles. The Hall–Kier alpha value is -0.350. The van der Waals surface area contributed by atoms with Crippen LogP contribution in [0.15, 0.2) is 18.2 Å². The van der Waals surface area contributed by atoms with Gasteiger partial charge in [0.25, 0.3) is 0 Å². The lowest BCUT2D eigenvalue weighted by atomic mass is 10.2. The summed E-state index contributed by atoms with van der Waals surface area (Å²) in [4.78, 5) is 2.24. The molecule has 1 aromatic rings. The van der Waals surface area contributed by atoms with Gasteiger partial charge < -0.3 is 5.32 Å². The van der Waals surface area contributed by atoms with Crippen LogP contribution in [0.25, 0.3) is 0 Å². The van der Waals surface area contributed by atoms with Crippen LogP contribution in [0.2, 0.25) is 5.02 Å². The Balaban J connectivity index is 0.00000144. The fraction of sp³-hybridized carbons (Fsp3) is 0.500. The van der Waals surface area contributed by atoms with E-state index in [2.05, 4.69) is 10.2 Å². The lowest BCUT2D eigenvalue weighted by Crippen LogP contribution is -2.28. The van der Waals surface area contributed by atoms with Crippen LogP contribution in [-0.2, 0) is 6.54 Å². The molecule has 0 radical (unpaired) electrons. The van der Waals surface area contributed by atoms with Crippen molar-refractivity contribution in [3.05, 3.63) is 34.6 Å². The lowest BCUT2D eigenvalue weighted by molar-refractivity contribution is 0.280. The SMILES string of the molecule is Cl.Fc1cccc(Cl)c1CN1CCCNCC1. The summed E-state index contributed by atoms with van der Waals surface area (Å²) in [6.07, 6.45) is 1.10. The minimum absolute atomic E-state index is 0. The molecular weight excluding hydrogens is 262 g/mol. The van der Waals surface area contributed by atoms with Gasteiger partial charge in [-0.15, -0.1) is 12.4 Å². The summed E-state index contributed by atoms with van der Waals surface area (Å²) < 4.78 is 13.6. The maximum Gasteiger partial charge on any atom is 0.129 e. The first-order chi connectivity index (χ1) is 7.77. The predicted octanol–water partition coefficient (Wildman–Crippen LogP) is 2.70. The normalized spacial score (nSPS) is 17.3. The molecule has 1 N–H and O–H groups in total. The van der Waals surface area contributed by atoms with Crippen LogP contribution in [0, 0.1) is 5.82 Å². The van der Waals surface area contributed by atoms with Crippen LogP contribution in [0.1, 0.15) is 12.0 Å². The summed E-state index contributed by atoms with van der Waals surface area (Å²) in [5.74, 6) is -0.204. The summed E-state index contributed by atoms with van der Waals surface area (Å²) in [6, 6.07) is 4.86. The molecular formula is C12H17Cl2FN2. The van der Waals surface area contributed by atoms with E-state index in [1.165, 1.54) is 6.07 Å². The van der Waals surface area contributed by atoms with Gasteiger partial charge >= 0.3 is 0 Å². The minimum atomic E-state index is -0.204. The van der Waals surface area contributed by atoms with Gasteiger partial charge in [-0.3, -0.25) is 4.90 Å². The molecule has 0 atom stereocenters. The molecule has 0 aromatic heterocycles. The molecule has 0 amide bonds. The Morgan fingerprint density at radius 3 is 2.88 bits per heavy atom. The van der Waals surface area contributed by atoms with Gasteiger partial charge in [-0.1, -0.05) is 17.7 Å². The molecule has 96 valence electrons. The van der Waals surface area contributed by atoms with Gasteiger partial charge in [0.2, 0.25) is 0 Å². The highest BCUT2D eigenvalue weighted by atomic mass is 35.5. The molecule has 17 heavy (non-hydrogen) atoms. The first-order valence-electron chi connectivity index (χ1n) is 5.63. The number of benzene rings is 1. The average Bonchev–Trinajstić information content (AvgIpc) is 2.52. The van der Waals surface area contributed by atoms with Crippen molar-refractivity contribution in [3.8, 4) is 0 Å². The summed E-state index contributed by atoms with van der Waals surface area (Å²) >= 11 is 6.01. The zero-order valence-corrected chi connectivity index (χ0v) is 11.2. The van der Waals surface area contributed by atoms with E-state index in [4.69, 9.17) is 11.6 Å². The third-order valence-corrected chi connectivity index (χ3v) is 3.23. The Kier molecular flexibility index (Phi) is 6.20. The number of hydrogen-bond donors (Lipinski definition) is 1. The summed E-state index contributed by atoms with van der Waals surface area (Å²) in [5.41, 5.74) is 0.617. The fourth-order valence-electron chi connectivity index (χ4n) is 1.97. The van der Waals surface area contributed by atoms with Crippen molar-refractivity contribution >= 4 is 24.0 Å². The molecule has 0 aliphatic carbocycles. The molecule has 0 spiro atoms. The summed E-state index contributed by atoms with van der Waals surface area (Å²) in [6.45, 7) is 4.56. The third kappa shape index (κ3) is 4.11. The van der Waals surface area contributed by atoms with E-state index in [1.54, 1.807) is 12.1 Å². The van der Waals surface area contributed by atoms with E-state index in [1.807, 2.05) is 0 Å². The van der Waals surface area contributed by atoms with Gasteiger partial charge in [0.05, 0.1) is 0 Å². The number of nitrogens with one attached hydrogen (secondary N) is 1. The van der Waals surface area contributed by atoms with Crippen LogP contribution in [-0.4, -0.2) is 31.1 Å². The van der Waals surface area contributed by atoms with Crippen LogP contribution in [0.3, 0.4) is 0 Å². The standard InChI is InChI=1S/C12H16ClFN2.ClH/c13-11-3-1-4-12(14)10(11)9-16-7-2-5-15-6-8-16;/h1,3-4,15H,2,5-9H2;1H. The van der Waals surface area contributed by atoms with E-state index < -0.39 is 0 Å². The zero-order chi connectivity index (χ0) is 11.4. The lowest BCUT2D eigenvalue weighted by Gasteiger charge is -2.20. The highest BCUT2D eigenvalue weighted by Crippen LogP contribution is 2.20. The van der Waals surface area contributed by atoms with Gasteiger partial charge in [0.15, 0.2) is 0 Å². The smallest absolute Gasteiger partial charge is 0.129 e. The van der Waals surface area contributed by atoms with Crippen molar-refractivity contribution in [1.82, 2.24) is 10.2 Å². The number of hydrogen-bond acceptors (Lipinski definition) is 2. The Bertz CT molecular complexity index is 332. The molecule has 1 fully saturated rings. The van der Waals surface area contributed by atoms with E-state index in [9.17, 15) is 4.39 Å². The molecule has 2 rings (SSSR count). The maximum atomic E-state index is 13.6. The van der Waals surface area contributed by atoms with E-state index >= 15 is 0 Å². The van der Waals surface area contributed by atoms with E-state index in [0.717, 1.165) is 32.6 Å². The molecule has 1 aliphatic rings. The van der Waals surface area contributed by atoms with Crippen LogP contribution in [0.5, 0.6) is 0 Å². The first-order valence-corrected chi connectivity index (χ1v) is 6.01. The maximum absolute atomic E-state index is 13.6. The van der Waals surface area contributed by atoms with Gasteiger partial charge in [0, 0.05) is 30.2 Å². The molecule has 1 aromatic carbocycles. The fourth-order valence-corrected chi connectivity index (χ4v) is 2.19. The summed E-state index contributed by atoms with van der Waals surface area (Å²) in [7, 11) is 0. The summed E-state index contributed by atoms with van der Waals surface area (Å²) in [5, 5.41) is 3.85. The van der Waals surface area contributed by atoms with Gasteiger partial charge in [-0.05, 0) is 31.6 Å². The van der Waals surface area contributed by atoms with Crippen molar-refractivity contribution in [3.63, 3.8) is 0 Å². The molecule has 1 heterocycles. The topological polar surface area (TPSA) is 15.3 Å². The van der Waals surface area contributed by atoms with Crippen molar-refractivity contribution in [2.75, 3.05) is 26.2 Å². The average molecular weight is 279 g/mol. The Morgan fingerprint density at radius 2 is 2.12 bits per heavy atom. The molecule has 1 saturated heterocycles. The first kappa shape index (κ1) is 14.7. The highest BCUT2D eigenvalue weighted by molar-refractivity contribution is 6.31. The molecule has 2 nitrogen and oxygen atoms in total. The second-order valence-electron chi connectivity index (χ2n) is 4.08. The van der Waals surface area contributed by atoms with Crippen molar-refractivity contribution < 1.29 is 4.39 Å². The van der Waals surface area contributed by atoms with Gasteiger partial charge in [-0.2, -0.15) is 0 Å². The second-order valence-corrected chi connectivity index (χ2v) is 4.49. The molecule has 5 heteroatoms. The number of nitrogens with zero attached hydrogens (tertiary/aromatic N) is 1. The minimum Gasteiger partial charge on any atom is -0.315 e. The molecule has 0 bridgehead atoms. The van der Waals surface area contributed by atoms with Crippen molar-refractivity contribution in [1.29, 1.82) is 0 Å². The largest absolute Gasteiger partial charge is 0.315 e. The highest BCUT2D eigenvalue weighted by Gasteiger charge is 2.13. The van der Waals surface area contributed by atoms with Crippen molar-refractivity contribution in [2.24, 2.45) is 0 Å². The Morgan fingerprint density at radius 1 is 1.29 bits per heavy atom. The third-order valence-electron chi connectivity index (χ3n) is 2.88. The van der Waals surface area contributed by atoms with Gasteiger partial charge in [-0.25, -0.2) is 4.39 Å². The zero-order valence-electron chi connectivity index (χ0n) is 9.59. The molecule has 0 saturated carbocycles. The number of halogens is 3. The van der Waals surface area contributed by atoms with Crippen LogP contribution < -0.4 is 5.32 Å². The monoisotopic (exact) mass is 278 g/mol. The van der Waals surface area contributed by atoms with Crippen molar-refractivity contribution in [2.45, 2.75) is 13.0 Å². The second kappa shape index (κ2) is 7.17. The van der Waals surface area contributed by atoms with E-state index in [0.29, 0.717) is 17.1 Å². The quantitative estimate of drug-likeness (QED) is 0.895. The predicted molar refractivity (Wildman–Crippen MR) is 71.4 cm³/mol. The number of rotatable bonds is 2. The van der Waals surface area contributed by atoms with Crippen LogP contribution >= 0.6 is 24.0 Å².